The average molecular weight is 331 g/mol. The Kier molecular flexibility index (Phi) is 4.20. The number of carbonyl (C=O) groups excluding carboxylic acids is 1. The van der Waals surface area contributed by atoms with Crippen LogP contribution in [-0.4, -0.2) is 32.7 Å². The standard InChI is InChI=1S/C14H13N5O3S/c1-8-5-9(20)10(6-15-8)22-7-12(21)16-14-17-13(18-19-14)11-3-2-4-23-11/h2-6H,7H2,1H3,(H,15,20)(H2,16,17,18,19,21). The van der Waals surface area contributed by atoms with Gasteiger partial charge in [0.2, 0.25) is 11.4 Å². The van der Waals surface area contributed by atoms with Crippen molar-refractivity contribution in [2.24, 2.45) is 0 Å². The minimum absolute atomic E-state index is 0.0833. The van der Waals surface area contributed by atoms with Gasteiger partial charge >= 0.3 is 0 Å². The molecule has 0 aliphatic carbocycles. The SMILES string of the molecule is Cc1cc(=O)c(OCC(=O)Nc2n[nH]c(-c3cccs3)n2)c[nH]1. The summed E-state index contributed by atoms with van der Waals surface area (Å²) in [6.07, 6.45) is 1.42. The van der Waals surface area contributed by atoms with Crippen LogP contribution in [-0.2, 0) is 4.79 Å². The van der Waals surface area contributed by atoms with Crippen LogP contribution in [0.4, 0.5) is 5.95 Å². The fourth-order valence-corrected chi connectivity index (χ4v) is 2.48. The zero-order valence-corrected chi connectivity index (χ0v) is 12.9. The van der Waals surface area contributed by atoms with Gasteiger partial charge in [0.1, 0.15) is 0 Å². The van der Waals surface area contributed by atoms with Crippen LogP contribution in [0.1, 0.15) is 5.69 Å². The summed E-state index contributed by atoms with van der Waals surface area (Å²) in [7, 11) is 0. The summed E-state index contributed by atoms with van der Waals surface area (Å²) in [5.41, 5.74) is 0.431. The molecule has 0 aliphatic rings. The van der Waals surface area contributed by atoms with Gasteiger partial charge < -0.3 is 9.72 Å². The van der Waals surface area contributed by atoms with Crippen molar-refractivity contribution in [3.05, 3.63) is 45.7 Å². The first-order valence-electron chi connectivity index (χ1n) is 6.70. The van der Waals surface area contributed by atoms with E-state index in [-0.39, 0.29) is 23.7 Å². The van der Waals surface area contributed by atoms with E-state index in [1.54, 1.807) is 6.92 Å². The number of pyridine rings is 1. The summed E-state index contributed by atoms with van der Waals surface area (Å²) >= 11 is 1.51. The minimum atomic E-state index is -0.457. The molecule has 0 radical (unpaired) electrons. The largest absolute Gasteiger partial charge is 0.478 e. The molecule has 0 aliphatic heterocycles. The number of aryl methyl sites for hydroxylation is 1. The molecule has 0 unspecified atom stereocenters. The monoisotopic (exact) mass is 331 g/mol. The van der Waals surface area contributed by atoms with E-state index >= 15 is 0 Å². The van der Waals surface area contributed by atoms with Gasteiger partial charge in [0, 0.05) is 18.0 Å². The summed E-state index contributed by atoms with van der Waals surface area (Å²) in [4.78, 5) is 31.4. The molecule has 0 bridgehead atoms. The predicted octanol–water partition coefficient (Wildman–Crippen LogP) is 1.55. The lowest BCUT2D eigenvalue weighted by atomic mass is 10.3. The molecular weight excluding hydrogens is 318 g/mol. The highest BCUT2D eigenvalue weighted by molar-refractivity contribution is 7.13. The molecule has 0 aromatic carbocycles. The Morgan fingerprint density at radius 3 is 3.09 bits per heavy atom. The second kappa shape index (κ2) is 6.44. The number of H-pyrrole nitrogens is 2. The van der Waals surface area contributed by atoms with E-state index in [1.165, 1.54) is 23.6 Å². The van der Waals surface area contributed by atoms with Crippen LogP contribution >= 0.6 is 11.3 Å². The average Bonchev–Trinajstić information content (AvgIpc) is 3.17. The van der Waals surface area contributed by atoms with Crippen LogP contribution in [0.3, 0.4) is 0 Å². The number of aromatic nitrogens is 4. The molecule has 0 fully saturated rings. The molecule has 23 heavy (non-hydrogen) atoms. The summed E-state index contributed by atoms with van der Waals surface area (Å²) < 4.78 is 5.19. The Hall–Kier alpha value is -2.94. The Balaban J connectivity index is 1.58. The topological polar surface area (TPSA) is 113 Å². The van der Waals surface area contributed by atoms with Crippen molar-refractivity contribution in [2.45, 2.75) is 6.92 Å². The molecule has 0 spiro atoms. The number of nitrogens with one attached hydrogen (secondary N) is 3. The van der Waals surface area contributed by atoms with Gasteiger partial charge in [-0.25, -0.2) is 0 Å². The zero-order chi connectivity index (χ0) is 16.2. The van der Waals surface area contributed by atoms with Gasteiger partial charge in [-0.15, -0.1) is 16.4 Å². The lowest BCUT2D eigenvalue weighted by molar-refractivity contribution is -0.118. The van der Waals surface area contributed by atoms with Gasteiger partial charge in [-0.1, -0.05) is 6.07 Å². The third-order valence-electron chi connectivity index (χ3n) is 2.87. The normalized spacial score (nSPS) is 10.5. The predicted molar refractivity (Wildman–Crippen MR) is 85.6 cm³/mol. The Bertz CT molecular complexity index is 869. The highest BCUT2D eigenvalue weighted by Crippen LogP contribution is 2.21. The lowest BCUT2D eigenvalue weighted by Gasteiger charge is -2.04. The molecule has 118 valence electrons. The fraction of sp³-hybridized carbons (Fsp3) is 0.143. The van der Waals surface area contributed by atoms with Gasteiger partial charge in [-0.3, -0.25) is 20.0 Å². The maximum atomic E-state index is 11.8. The Morgan fingerprint density at radius 1 is 1.48 bits per heavy atom. The third kappa shape index (κ3) is 3.64. The van der Waals surface area contributed by atoms with Crippen molar-refractivity contribution in [1.82, 2.24) is 20.2 Å². The molecular formula is C14H13N5O3S. The number of hydrogen-bond donors (Lipinski definition) is 3. The summed E-state index contributed by atoms with van der Waals surface area (Å²) in [6, 6.07) is 5.19. The number of ether oxygens (including phenoxy) is 1. The molecule has 3 rings (SSSR count). The highest BCUT2D eigenvalue weighted by atomic mass is 32.1. The summed E-state index contributed by atoms with van der Waals surface area (Å²) in [5.74, 6) is 0.354. The molecule has 9 heteroatoms. The quantitative estimate of drug-likeness (QED) is 0.656. The molecule has 3 aromatic heterocycles. The summed E-state index contributed by atoms with van der Waals surface area (Å²) in [5, 5.41) is 11.1. The van der Waals surface area contributed by atoms with Crippen molar-refractivity contribution in [3.8, 4) is 16.5 Å². The molecule has 3 heterocycles. The van der Waals surface area contributed by atoms with Crippen molar-refractivity contribution in [3.63, 3.8) is 0 Å². The van der Waals surface area contributed by atoms with E-state index in [9.17, 15) is 9.59 Å². The van der Waals surface area contributed by atoms with Crippen molar-refractivity contribution in [1.29, 1.82) is 0 Å². The lowest BCUT2D eigenvalue weighted by Crippen LogP contribution is -2.22. The Labute approximate surface area is 134 Å². The highest BCUT2D eigenvalue weighted by Gasteiger charge is 2.11. The van der Waals surface area contributed by atoms with Crippen LogP contribution in [0.2, 0.25) is 0 Å². The van der Waals surface area contributed by atoms with Crippen LogP contribution < -0.4 is 15.5 Å². The number of carbonyl (C=O) groups is 1. The van der Waals surface area contributed by atoms with Crippen molar-refractivity contribution >= 4 is 23.2 Å². The molecule has 3 N–H and O–H groups in total. The molecule has 0 atom stereocenters. The summed E-state index contributed by atoms with van der Waals surface area (Å²) in [6.45, 7) is 1.45. The zero-order valence-electron chi connectivity index (χ0n) is 12.1. The van der Waals surface area contributed by atoms with E-state index in [0.29, 0.717) is 11.5 Å². The van der Waals surface area contributed by atoms with E-state index in [2.05, 4.69) is 25.5 Å². The molecule has 3 aromatic rings. The number of rotatable bonds is 5. The van der Waals surface area contributed by atoms with Crippen LogP contribution in [0.5, 0.6) is 5.75 Å². The Morgan fingerprint density at radius 2 is 2.35 bits per heavy atom. The van der Waals surface area contributed by atoms with Crippen LogP contribution in [0, 0.1) is 6.92 Å². The van der Waals surface area contributed by atoms with E-state index in [4.69, 9.17) is 4.74 Å². The van der Waals surface area contributed by atoms with Gasteiger partial charge in [-0.05, 0) is 18.4 Å². The van der Waals surface area contributed by atoms with Crippen molar-refractivity contribution in [2.75, 3.05) is 11.9 Å². The second-order valence-corrected chi connectivity index (χ2v) is 5.61. The minimum Gasteiger partial charge on any atom is -0.478 e. The van der Waals surface area contributed by atoms with E-state index < -0.39 is 5.91 Å². The second-order valence-electron chi connectivity index (χ2n) is 4.67. The van der Waals surface area contributed by atoms with Gasteiger partial charge in [0.25, 0.3) is 5.91 Å². The number of aromatic amines is 2. The number of hydrogen-bond acceptors (Lipinski definition) is 6. The first kappa shape index (κ1) is 15.0. The maximum absolute atomic E-state index is 11.8. The molecule has 0 saturated heterocycles. The molecule has 0 saturated carbocycles. The number of nitrogens with zero attached hydrogens (tertiary/aromatic N) is 2. The van der Waals surface area contributed by atoms with Gasteiger partial charge in [-0.2, -0.15) is 4.98 Å². The first-order chi connectivity index (χ1) is 11.1. The number of thiophene rings is 1. The van der Waals surface area contributed by atoms with Crippen LogP contribution in [0.25, 0.3) is 10.7 Å². The molecule has 8 nitrogen and oxygen atoms in total. The van der Waals surface area contributed by atoms with Gasteiger partial charge in [0.05, 0.1) is 4.88 Å². The maximum Gasteiger partial charge on any atom is 0.264 e. The van der Waals surface area contributed by atoms with E-state index in [0.717, 1.165) is 4.88 Å². The molecule has 1 amide bonds. The van der Waals surface area contributed by atoms with E-state index in [1.807, 2.05) is 17.5 Å². The third-order valence-corrected chi connectivity index (χ3v) is 3.75. The number of anilines is 1. The van der Waals surface area contributed by atoms with Gasteiger partial charge in [0.15, 0.2) is 18.2 Å². The fourth-order valence-electron chi connectivity index (χ4n) is 1.82. The van der Waals surface area contributed by atoms with Crippen LogP contribution in [0.15, 0.2) is 34.6 Å². The smallest absolute Gasteiger partial charge is 0.264 e. The van der Waals surface area contributed by atoms with Crippen molar-refractivity contribution < 1.29 is 9.53 Å². The number of amides is 1. The first-order valence-corrected chi connectivity index (χ1v) is 7.58.